The molecule has 4 heteroatoms. The van der Waals surface area contributed by atoms with Crippen LogP contribution in [0.15, 0.2) is 6.20 Å². The number of rotatable bonds is 2. The number of anilines is 1. The fourth-order valence-corrected chi connectivity index (χ4v) is 2.30. The Bertz CT molecular complexity index is 378. The predicted molar refractivity (Wildman–Crippen MR) is 69.9 cm³/mol. The molecule has 0 bridgehead atoms. The van der Waals surface area contributed by atoms with E-state index in [4.69, 9.17) is 5.73 Å². The maximum Gasteiger partial charge on any atom is 0.225 e. The van der Waals surface area contributed by atoms with E-state index in [-0.39, 0.29) is 0 Å². The van der Waals surface area contributed by atoms with Crippen molar-refractivity contribution in [1.82, 2.24) is 9.97 Å². The summed E-state index contributed by atoms with van der Waals surface area (Å²) in [4.78, 5) is 11.3. The van der Waals surface area contributed by atoms with Gasteiger partial charge in [0.25, 0.3) is 0 Å². The van der Waals surface area contributed by atoms with Gasteiger partial charge >= 0.3 is 0 Å². The van der Waals surface area contributed by atoms with Gasteiger partial charge in [-0.15, -0.1) is 0 Å². The van der Waals surface area contributed by atoms with E-state index in [2.05, 4.69) is 21.8 Å². The van der Waals surface area contributed by atoms with Crippen LogP contribution in [0.3, 0.4) is 0 Å². The average molecular weight is 234 g/mol. The molecule has 1 aliphatic heterocycles. The predicted octanol–water partition coefficient (Wildman–Crippen LogP) is 1.87. The molecule has 2 heterocycles. The molecule has 1 unspecified atom stereocenters. The van der Waals surface area contributed by atoms with E-state index in [0.29, 0.717) is 6.54 Å². The van der Waals surface area contributed by atoms with Crippen molar-refractivity contribution in [3.63, 3.8) is 0 Å². The summed E-state index contributed by atoms with van der Waals surface area (Å²) >= 11 is 0. The van der Waals surface area contributed by atoms with Crippen molar-refractivity contribution in [2.75, 3.05) is 18.0 Å². The second kappa shape index (κ2) is 5.45. The Morgan fingerprint density at radius 1 is 1.41 bits per heavy atom. The van der Waals surface area contributed by atoms with E-state index in [1.807, 2.05) is 13.1 Å². The first-order chi connectivity index (χ1) is 8.20. The number of nitrogens with zero attached hydrogens (tertiary/aromatic N) is 3. The number of nitrogens with two attached hydrogens (primary N) is 1. The van der Waals surface area contributed by atoms with Gasteiger partial charge in [-0.2, -0.15) is 0 Å². The zero-order valence-electron chi connectivity index (χ0n) is 10.8. The van der Waals surface area contributed by atoms with Gasteiger partial charge in [0.05, 0.1) is 0 Å². The lowest BCUT2D eigenvalue weighted by Crippen LogP contribution is -2.26. The Morgan fingerprint density at radius 3 is 2.94 bits per heavy atom. The first-order valence-corrected chi connectivity index (χ1v) is 6.48. The quantitative estimate of drug-likeness (QED) is 0.848. The summed E-state index contributed by atoms with van der Waals surface area (Å²) in [7, 11) is 0. The third-order valence-corrected chi connectivity index (χ3v) is 3.59. The zero-order chi connectivity index (χ0) is 12.3. The van der Waals surface area contributed by atoms with Crippen LogP contribution < -0.4 is 10.6 Å². The van der Waals surface area contributed by atoms with Gasteiger partial charge in [-0.3, -0.25) is 0 Å². The Hall–Kier alpha value is -1.16. The summed E-state index contributed by atoms with van der Waals surface area (Å²) in [6.07, 6.45) is 5.66. The van der Waals surface area contributed by atoms with Gasteiger partial charge in [0.2, 0.25) is 5.95 Å². The van der Waals surface area contributed by atoms with E-state index >= 15 is 0 Å². The minimum atomic E-state index is 0.517. The maximum atomic E-state index is 5.63. The summed E-state index contributed by atoms with van der Waals surface area (Å²) in [5.74, 6) is 1.69. The molecule has 2 N–H and O–H groups in total. The number of aryl methyl sites for hydroxylation is 1. The first-order valence-electron chi connectivity index (χ1n) is 6.48. The minimum Gasteiger partial charge on any atom is -0.341 e. The fraction of sp³-hybridized carbons (Fsp3) is 0.692. The molecular weight excluding hydrogens is 212 g/mol. The van der Waals surface area contributed by atoms with Crippen molar-refractivity contribution in [1.29, 1.82) is 0 Å². The zero-order valence-corrected chi connectivity index (χ0v) is 10.8. The molecule has 0 radical (unpaired) electrons. The maximum absolute atomic E-state index is 5.63. The van der Waals surface area contributed by atoms with Gasteiger partial charge in [-0.05, 0) is 32.1 Å². The highest BCUT2D eigenvalue weighted by Crippen LogP contribution is 2.20. The van der Waals surface area contributed by atoms with Gasteiger partial charge in [0.15, 0.2) is 0 Å². The molecule has 0 aromatic carbocycles. The van der Waals surface area contributed by atoms with Crippen LogP contribution >= 0.6 is 0 Å². The van der Waals surface area contributed by atoms with Gasteiger partial charge in [-0.25, -0.2) is 9.97 Å². The average Bonchev–Trinajstić information content (AvgIpc) is 2.54. The molecule has 0 spiro atoms. The Morgan fingerprint density at radius 2 is 2.24 bits per heavy atom. The molecule has 1 fully saturated rings. The van der Waals surface area contributed by atoms with Gasteiger partial charge < -0.3 is 10.6 Å². The van der Waals surface area contributed by atoms with Crippen LogP contribution in [-0.4, -0.2) is 23.1 Å². The van der Waals surface area contributed by atoms with Gasteiger partial charge in [0, 0.05) is 37.1 Å². The highest BCUT2D eigenvalue weighted by Gasteiger charge is 2.16. The summed E-state index contributed by atoms with van der Waals surface area (Å²) in [5, 5.41) is 0. The third kappa shape index (κ3) is 2.94. The van der Waals surface area contributed by atoms with Crippen LogP contribution in [0.5, 0.6) is 0 Å². The molecule has 2 rings (SSSR count). The van der Waals surface area contributed by atoms with E-state index in [1.54, 1.807) is 0 Å². The SMILES string of the molecule is Cc1nc(N2CCCC(C)CC2)ncc1CN. The van der Waals surface area contributed by atoms with Crippen molar-refractivity contribution < 1.29 is 0 Å². The highest BCUT2D eigenvalue weighted by molar-refractivity contribution is 5.33. The Kier molecular flexibility index (Phi) is 3.94. The minimum absolute atomic E-state index is 0.517. The molecule has 1 aromatic rings. The van der Waals surface area contributed by atoms with Crippen LogP contribution in [0.2, 0.25) is 0 Å². The Balaban J connectivity index is 2.13. The van der Waals surface area contributed by atoms with Crippen molar-refractivity contribution in [3.05, 3.63) is 17.5 Å². The van der Waals surface area contributed by atoms with E-state index in [1.165, 1.54) is 19.3 Å². The van der Waals surface area contributed by atoms with Crippen LogP contribution in [0.1, 0.15) is 37.4 Å². The molecule has 1 aromatic heterocycles. The normalized spacial score (nSPS) is 21.4. The number of aromatic nitrogens is 2. The molecule has 94 valence electrons. The van der Waals surface area contributed by atoms with Crippen molar-refractivity contribution in [3.8, 4) is 0 Å². The van der Waals surface area contributed by atoms with Crippen LogP contribution in [0, 0.1) is 12.8 Å². The lowest BCUT2D eigenvalue weighted by molar-refractivity contribution is 0.521. The van der Waals surface area contributed by atoms with Gasteiger partial charge in [-0.1, -0.05) is 6.92 Å². The monoisotopic (exact) mass is 234 g/mol. The molecule has 1 aliphatic rings. The molecule has 1 saturated heterocycles. The van der Waals surface area contributed by atoms with Crippen LogP contribution in [0.25, 0.3) is 0 Å². The number of hydrogen-bond donors (Lipinski definition) is 1. The summed E-state index contributed by atoms with van der Waals surface area (Å²) in [6, 6.07) is 0. The standard InChI is InChI=1S/C13H22N4/c1-10-4-3-6-17(7-5-10)13-15-9-12(8-14)11(2)16-13/h9-10H,3-8,14H2,1-2H3. The number of hydrogen-bond acceptors (Lipinski definition) is 4. The van der Waals surface area contributed by atoms with Crippen LogP contribution in [-0.2, 0) is 6.54 Å². The summed E-state index contributed by atoms with van der Waals surface area (Å²) in [6.45, 7) is 7.00. The molecular formula is C13H22N4. The molecule has 0 amide bonds. The van der Waals surface area contributed by atoms with Crippen LogP contribution in [0.4, 0.5) is 5.95 Å². The highest BCUT2D eigenvalue weighted by atomic mass is 15.2. The van der Waals surface area contributed by atoms with Crippen molar-refractivity contribution >= 4 is 5.95 Å². The summed E-state index contributed by atoms with van der Waals surface area (Å²) < 4.78 is 0. The second-order valence-corrected chi connectivity index (χ2v) is 5.01. The van der Waals surface area contributed by atoms with E-state index in [9.17, 15) is 0 Å². The van der Waals surface area contributed by atoms with Gasteiger partial charge in [0.1, 0.15) is 0 Å². The lowest BCUT2D eigenvalue weighted by atomic mass is 10.0. The van der Waals surface area contributed by atoms with E-state index in [0.717, 1.165) is 36.2 Å². The lowest BCUT2D eigenvalue weighted by Gasteiger charge is -2.20. The van der Waals surface area contributed by atoms with E-state index < -0.39 is 0 Å². The fourth-order valence-electron chi connectivity index (χ4n) is 2.30. The topological polar surface area (TPSA) is 55.0 Å². The summed E-state index contributed by atoms with van der Waals surface area (Å²) in [5.41, 5.74) is 7.68. The molecule has 0 aliphatic carbocycles. The van der Waals surface area contributed by atoms with Crippen molar-refractivity contribution in [2.45, 2.75) is 39.7 Å². The largest absolute Gasteiger partial charge is 0.341 e. The third-order valence-electron chi connectivity index (χ3n) is 3.59. The smallest absolute Gasteiger partial charge is 0.225 e. The Labute approximate surface area is 103 Å². The first kappa shape index (κ1) is 12.3. The second-order valence-electron chi connectivity index (χ2n) is 5.01. The molecule has 17 heavy (non-hydrogen) atoms. The molecule has 1 atom stereocenters. The van der Waals surface area contributed by atoms with Crippen molar-refractivity contribution in [2.24, 2.45) is 11.7 Å². The molecule has 4 nitrogen and oxygen atoms in total. The molecule has 0 saturated carbocycles.